The van der Waals surface area contributed by atoms with Gasteiger partial charge >= 0.3 is 0 Å². The maximum absolute atomic E-state index is 11.6. The molecule has 1 heterocycles. The zero-order valence-electron chi connectivity index (χ0n) is 19.1. The van der Waals surface area contributed by atoms with E-state index in [0.29, 0.717) is 5.56 Å². The Balaban J connectivity index is 1.65. The molecule has 1 atom stereocenters. The van der Waals surface area contributed by atoms with Gasteiger partial charge < -0.3 is 11.1 Å². The molecule has 0 saturated heterocycles. The number of primary amides is 1. The Bertz CT molecular complexity index is 1120. The molecule has 1 aliphatic heterocycles. The van der Waals surface area contributed by atoms with Gasteiger partial charge in [-0.15, -0.1) is 0 Å². The lowest BCUT2D eigenvalue weighted by Gasteiger charge is -2.39. The number of fused-ring (bicyclic) bond motifs is 1. The largest absolute Gasteiger partial charge is 0.378 e. The molecule has 0 aromatic heterocycles. The summed E-state index contributed by atoms with van der Waals surface area (Å²) in [5.41, 5.74) is 13.4. The first-order chi connectivity index (χ1) is 14.5. The lowest BCUT2D eigenvalue weighted by Crippen LogP contribution is -2.31. The van der Waals surface area contributed by atoms with Gasteiger partial charge in [-0.3, -0.25) is 4.79 Å². The van der Waals surface area contributed by atoms with Crippen LogP contribution in [0.25, 0.3) is 11.1 Å². The summed E-state index contributed by atoms with van der Waals surface area (Å²) in [5.74, 6) is -0.383. The molecule has 3 heteroatoms. The van der Waals surface area contributed by atoms with Crippen molar-refractivity contribution < 1.29 is 4.79 Å². The van der Waals surface area contributed by atoms with Crippen LogP contribution < -0.4 is 11.1 Å². The van der Waals surface area contributed by atoms with E-state index in [1.54, 1.807) is 6.07 Å². The Morgan fingerprint density at radius 2 is 1.68 bits per heavy atom. The normalized spacial score (nSPS) is 17.5. The van der Waals surface area contributed by atoms with Crippen LogP contribution >= 0.6 is 0 Å². The van der Waals surface area contributed by atoms with E-state index in [1.165, 1.54) is 22.3 Å². The first-order valence-electron chi connectivity index (χ1n) is 11.0. The molecule has 0 aliphatic carbocycles. The Hall–Kier alpha value is -3.07. The van der Waals surface area contributed by atoms with Crippen molar-refractivity contribution in [2.75, 3.05) is 5.32 Å². The quantitative estimate of drug-likeness (QED) is 0.510. The molecule has 3 N–H and O–H groups in total. The summed E-state index contributed by atoms with van der Waals surface area (Å²) in [6.07, 6.45) is 0.939. The highest BCUT2D eigenvalue weighted by atomic mass is 16.1. The molecular weight excluding hydrogens is 380 g/mol. The van der Waals surface area contributed by atoms with Gasteiger partial charge in [-0.25, -0.2) is 0 Å². The van der Waals surface area contributed by atoms with Crippen LogP contribution in [0.1, 0.15) is 74.1 Å². The monoisotopic (exact) mass is 412 g/mol. The fourth-order valence-corrected chi connectivity index (χ4v) is 4.54. The van der Waals surface area contributed by atoms with Crippen LogP contribution in [-0.4, -0.2) is 5.91 Å². The van der Waals surface area contributed by atoms with Crippen molar-refractivity contribution in [1.82, 2.24) is 0 Å². The Morgan fingerprint density at radius 3 is 2.32 bits per heavy atom. The molecule has 4 rings (SSSR count). The summed E-state index contributed by atoms with van der Waals surface area (Å²) in [6, 6.07) is 23.7. The Labute approximate surface area is 185 Å². The number of hydrogen-bond donors (Lipinski definition) is 2. The second-order valence-electron chi connectivity index (χ2n) is 10.4. The van der Waals surface area contributed by atoms with E-state index < -0.39 is 0 Å². The van der Waals surface area contributed by atoms with E-state index in [9.17, 15) is 4.79 Å². The lowest BCUT2D eigenvalue weighted by atomic mass is 9.73. The third kappa shape index (κ3) is 4.23. The van der Waals surface area contributed by atoms with Crippen molar-refractivity contribution in [3.8, 4) is 11.1 Å². The standard InChI is InChI=1S/C28H32N2O/c1-27(2,3)22-12-9-18(10-13-22)19-7-6-8-20(15-19)25-17-28(4,5)23-16-21(26(29)31)11-14-24(23)30-25/h6-16,25,30H,17H2,1-5H3,(H2,29,31). The molecular formula is C28H32N2O. The van der Waals surface area contributed by atoms with Gasteiger partial charge in [0.2, 0.25) is 5.91 Å². The van der Waals surface area contributed by atoms with Gasteiger partial charge in [-0.1, -0.05) is 77.1 Å². The minimum absolute atomic E-state index is 0.0684. The number of anilines is 1. The fraction of sp³-hybridized carbons (Fsp3) is 0.321. The first kappa shape index (κ1) is 21.2. The van der Waals surface area contributed by atoms with Gasteiger partial charge in [-0.2, -0.15) is 0 Å². The zero-order chi connectivity index (χ0) is 22.4. The molecule has 3 aromatic rings. The van der Waals surface area contributed by atoms with Crippen molar-refractivity contribution in [3.05, 3.63) is 89.0 Å². The SMILES string of the molecule is CC(C)(C)c1ccc(-c2cccc(C3CC(C)(C)c4cc(C(N)=O)ccc4N3)c2)cc1. The topological polar surface area (TPSA) is 55.1 Å². The molecule has 1 unspecified atom stereocenters. The Morgan fingerprint density at radius 1 is 0.968 bits per heavy atom. The van der Waals surface area contributed by atoms with Gasteiger partial charge in [0.05, 0.1) is 6.04 Å². The number of hydrogen-bond acceptors (Lipinski definition) is 2. The molecule has 1 aliphatic rings. The van der Waals surface area contributed by atoms with E-state index in [0.717, 1.165) is 17.7 Å². The smallest absolute Gasteiger partial charge is 0.248 e. The average Bonchev–Trinajstić information content (AvgIpc) is 2.72. The van der Waals surface area contributed by atoms with Gasteiger partial charge in [0.15, 0.2) is 0 Å². The minimum Gasteiger partial charge on any atom is -0.378 e. The number of rotatable bonds is 3. The third-order valence-corrected chi connectivity index (χ3v) is 6.45. The average molecular weight is 413 g/mol. The summed E-state index contributed by atoms with van der Waals surface area (Å²) in [4.78, 5) is 11.6. The van der Waals surface area contributed by atoms with Crippen molar-refractivity contribution in [2.24, 2.45) is 5.73 Å². The number of carbonyl (C=O) groups is 1. The van der Waals surface area contributed by atoms with Crippen LogP contribution in [0, 0.1) is 0 Å². The third-order valence-electron chi connectivity index (χ3n) is 6.45. The van der Waals surface area contributed by atoms with Gasteiger partial charge in [0.1, 0.15) is 0 Å². The van der Waals surface area contributed by atoms with Crippen molar-refractivity contribution in [2.45, 2.75) is 57.9 Å². The van der Waals surface area contributed by atoms with Crippen molar-refractivity contribution in [1.29, 1.82) is 0 Å². The van der Waals surface area contributed by atoms with Crippen LogP contribution in [0.2, 0.25) is 0 Å². The molecule has 0 spiro atoms. The van der Waals surface area contributed by atoms with E-state index in [1.807, 2.05) is 12.1 Å². The van der Waals surface area contributed by atoms with Crippen molar-refractivity contribution in [3.63, 3.8) is 0 Å². The molecule has 0 radical (unpaired) electrons. The summed E-state index contributed by atoms with van der Waals surface area (Å²) in [6.45, 7) is 11.2. The summed E-state index contributed by atoms with van der Waals surface area (Å²) in [5, 5.41) is 3.69. The Kier molecular flexibility index (Phi) is 5.17. The number of amides is 1. The van der Waals surface area contributed by atoms with Crippen LogP contribution in [0.5, 0.6) is 0 Å². The molecule has 160 valence electrons. The van der Waals surface area contributed by atoms with Gasteiger partial charge in [-0.05, 0) is 69.3 Å². The van der Waals surface area contributed by atoms with E-state index in [4.69, 9.17) is 5.73 Å². The first-order valence-corrected chi connectivity index (χ1v) is 11.0. The second kappa shape index (κ2) is 7.56. The molecule has 0 saturated carbocycles. The molecule has 3 aromatic carbocycles. The van der Waals surface area contributed by atoms with Crippen LogP contribution in [0.3, 0.4) is 0 Å². The number of benzene rings is 3. The molecule has 0 fully saturated rings. The summed E-state index contributed by atoms with van der Waals surface area (Å²) < 4.78 is 0. The van der Waals surface area contributed by atoms with E-state index >= 15 is 0 Å². The van der Waals surface area contributed by atoms with Crippen LogP contribution in [0.4, 0.5) is 5.69 Å². The predicted molar refractivity (Wildman–Crippen MR) is 130 cm³/mol. The lowest BCUT2D eigenvalue weighted by molar-refractivity contribution is 0.1000. The molecule has 3 nitrogen and oxygen atoms in total. The molecule has 1 amide bonds. The maximum Gasteiger partial charge on any atom is 0.248 e. The highest BCUT2D eigenvalue weighted by Crippen LogP contribution is 2.44. The zero-order valence-corrected chi connectivity index (χ0v) is 19.1. The molecule has 31 heavy (non-hydrogen) atoms. The minimum atomic E-state index is -0.383. The van der Waals surface area contributed by atoms with E-state index in [2.05, 4.69) is 88.5 Å². The van der Waals surface area contributed by atoms with Crippen LogP contribution in [0.15, 0.2) is 66.7 Å². The number of nitrogens with one attached hydrogen (secondary N) is 1. The van der Waals surface area contributed by atoms with Gasteiger partial charge in [0, 0.05) is 11.3 Å². The predicted octanol–water partition coefficient (Wildman–Crippen LogP) is 6.58. The number of nitrogens with two attached hydrogens (primary N) is 1. The fourth-order valence-electron chi connectivity index (χ4n) is 4.54. The number of carbonyl (C=O) groups excluding carboxylic acids is 1. The van der Waals surface area contributed by atoms with Crippen molar-refractivity contribution >= 4 is 11.6 Å². The van der Waals surface area contributed by atoms with E-state index in [-0.39, 0.29) is 22.8 Å². The summed E-state index contributed by atoms with van der Waals surface area (Å²) in [7, 11) is 0. The van der Waals surface area contributed by atoms with Crippen LogP contribution in [-0.2, 0) is 10.8 Å². The highest BCUT2D eigenvalue weighted by Gasteiger charge is 2.34. The van der Waals surface area contributed by atoms with Gasteiger partial charge in [0.25, 0.3) is 0 Å². The second-order valence-corrected chi connectivity index (χ2v) is 10.4. The highest BCUT2D eigenvalue weighted by molar-refractivity contribution is 5.93. The molecule has 0 bridgehead atoms. The maximum atomic E-state index is 11.6. The summed E-state index contributed by atoms with van der Waals surface area (Å²) >= 11 is 0.